The summed E-state index contributed by atoms with van der Waals surface area (Å²) in [5.41, 5.74) is 3.71. The number of nitrogens with zero attached hydrogens (tertiary/aromatic N) is 4. The minimum atomic E-state index is -0.0198. The van der Waals surface area contributed by atoms with Crippen LogP contribution in [0.15, 0.2) is 59.1 Å². The van der Waals surface area contributed by atoms with Crippen LogP contribution in [0.1, 0.15) is 30.2 Å². The summed E-state index contributed by atoms with van der Waals surface area (Å²) >= 11 is 0. The predicted molar refractivity (Wildman–Crippen MR) is 111 cm³/mol. The van der Waals surface area contributed by atoms with Crippen LogP contribution in [0.25, 0.3) is 0 Å². The number of nitrogens with one attached hydrogen (secondary N) is 1. The van der Waals surface area contributed by atoms with Crippen LogP contribution in [0.5, 0.6) is 0 Å². The van der Waals surface area contributed by atoms with Crippen LogP contribution in [0.2, 0.25) is 0 Å². The Hall–Kier alpha value is -2.86. The maximum absolute atomic E-state index is 5.23. The third-order valence-electron chi connectivity index (χ3n) is 5.15. The van der Waals surface area contributed by atoms with E-state index in [1.54, 1.807) is 0 Å². The normalized spacial score (nSPS) is 16.1. The first kappa shape index (κ1) is 18.5. The molecule has 0 saturated carbocycles. The SMILES string of the molecule is Cc1noc(C(C)Nc2ccc(N3CCN(Cc4ccccc4)CC3)cc2)n1. The number of rotatable bonds is 6. The van der Waals surface area contributed by atoms with E-state index in [9.17, 15) is 0 Å². The lowest BCUT2D eigenvalue weighted by molar-refractivity contribution is 0.250. The summed E-state index contributed by atoms with van der Waals surface area (Å²) in [5, 5.41) is 7.26. The van der Waals surface area contributed by atoms with E-state index < -0.39 is 0 Å². The van der Waals surface area contributed by atoms with Crippen molar-refractivity contribution >= 4 is 11.4 Å². The molecule has 0 bridgehead atoms. The third-order valence-corrected chi connectivity index (χ3v) is 5.15. The topological polar surface area (TPSA) is 57.4 Å². The smallest absolute Gasteiger partial charge is 0.248 e. The van der Waals surface area contributed by atoms with E-state index in [4.69, 9.17) is 4.52 Å². The molecule has 1 unspecified atom stereocenters. The molecule has 146 valence electrons. The Kier molecular flexibility index (Phi) is 5.58. The summed E-state index contributed by atoms with van der Waals surface area (Å²) in [7, 11) is 0. The van der Waals surface area contributed by atoms with Gasteiger partial charge in [-0.1, -0.05) is 35.5 Å². The highest BCUT2D eigenvalue weighted by Crippen LogP contribution is 2.23. The first-order valence-corrected chi connectivity index (χ1v) is 9.85. The van der Waals surface area contributed by atoms with Gasteiger partial charge in [-0.25, -0.2) is 0 Å². The minimum Gasteiger partial charge on any atom is -0.374 e. The Labute approximate surface area is 166 Å². The van der Waals surface area contributed by atoms with E-state index in [1.165, 1.54) is 11.3 Å². The molecule has 0 spiro atoms. The summed E-state index contributed by atoms with van der Waals surface area (Å²) in [6, 6.07) is 19.3. The van der Waals surface area contributed by atoms with Crippen LogP contribution in [0.3, 0.4) is 0 Å². The predicted octanol–water partition coefficient (Wildman–Crippen LogP) is 3.87. The number of aromatic nitrogens is 2. The van der Waals surface area contributed by atoms with Crippen LogP contribution in [0.4, 0.5) is 11.4 Å². The van der Waals surface area contributed by atoms with Crippen LogP contribution >= 0.6 is 0 Å². The minimum absolute atomic E-state index is 0.0198. The van der Waals surface area contributed by atoms with Gasteiger partial charge in [0.05, 0.1) is 0 Å². The zero-order valence-corrected chi connectivity index (χ0v) is 16.5. The molecule has 28 heavy (non-hydrogen) atoms. The van der Waals surface area contributed by atoms with Gasteiger partial charge in [0.25, 0.3) is 0 Å². The van der Waals surface area contributed by atoms with Crippen molar-refractivity contribution in [3.05, 3.63) is 71.9 Å². The van der Waals surface area contributed by atoms with E-state index in [1.807, 2.05) is 13.8 Å². The van der Waals surface area contributed by atoms with Gasteiger partial charge in [-0.15, -0.1) is 0 Å². The van der Waals surface area contributed by atoms with Crippen molar-refractivity contribution in [2.75, 3.05) is 36.4 Å². The molecular weight excluding hydrogens is 350 g/mol. The number of hydrogen-bond donors (Lipinski definition) is 1. The van der Waals surface area contributed by atoms with Crippen molar-refractivity contribution in [3.63, 3.8) is 0 Å². The van der Waals surface area contributed by atoms with E-state index >= 15 is 0 Å². The monoisotopic (exact) mass is 377 g/mol. The maximum Gasteiger partial charge on any atom is 0.248 e. The standard InChI is InChI=1S/C22H27N5O/c1-17(22-24-18(2)25-28-22)23-20-8-10-21(11-9-20)27-14-12-26(13-15-27)16-19-6-4-3-5-7-19/h3-11,17,23H,12-16H2,1-2H3. The average molecular weight is 377 g/mol. The molecule has 0 radical (unpaired) electrons. The van der Waals surface area contributed by atoms with E-state index in [0.717, 1.165) is 38.4 Å². The number of hydrogen-bond acceptors (Lipinski definition) is 6. The molecule has 1 aromatic heterocycles. The molecule has 1 saturated heterocycles. The number of piperazine rings is 1. The number of benzene rings is 2. The van der Waals surface area contributed by atoms with Crippen molar-refractivity contribution in [2.45, 2.75) is 26.4 Å². The van der Waals surface area contributed by atoms with Gasteiger partial charge in [0.2, 0.25) is 5.89 Å². The first-order chi connectivity index (χ1) is 13.7. The van der Waals surface area contributed by atoms with E-state index in [2.05, 4.69) is 79.9 Å². The van der Waals surface area contributed by atoms with Crippen LogP contribution in [-0.2, 0) is 6.54 Å². The number of aryl methyl sites for hydroxylation is 1. The van der Waals surface area contributed by atoms with Gasteiger partial charge < -0.3 is 14.7 Å². The van der Waals surface area contributed by atoms with Crippen molar-refractivity contribution in [1.29, 1.82) is 0 Å². The Balaban J connectivity index is 1.30. The fourth-order valence-corrected chi connectivity index (χ4v) is 3.58. The largest absolute Gasteiger partial charge is 0.374 e. The van der Waals surface area contributed by atoms with Crippen LogP contribution < -0.4 is 10.2 Å². The molecule has 3 aromatic rings. The first-order valence-electron chi connectivity index (χ1n) is 9.85. The summed E-state index contributed by atoms with van der Waals surface area (Å²) < 4.78 is 5.23. The molecule has 1 atom stereocenters. The molecular formula is C22H27N5O. The second kappa shape index (κ2) is 8.44. The highest BCUT2D eigenvalue weighted by atomic mass is 16.5. The van der Waals surface area contributed by atoms with Crippen LogP contribution in [0, 0.1) is 6.92 Å². The fourth-order valence-electron chi connectivity index (χ4n) is 3.58. The molecule has 0 amide bonds. The van der Waals surface area contributed by atoms with Gasteiger partial charge in [-0.2, -0.15) is 4.98 Å². The lowest BCUT2D eigenvalue weighted by Gasteiger charge is -2.36. The lowest BCUT2D eigenvalue weighted by Crippen LogP contribution is -2.45. The Morgan fingerprint density at radius 2 is 1.71 bits per heavy atom. The van der Waals surface area contributed by atoms with Gasteiger partial charge in [-0.05, 0) is 43.7 Å². The Morgan fingerprint density at radius 1 is 1.00 bits per heavy atom. The van der Waals surface area contributed by atoms with Gasteiger partial charge in [0.1, 0.15) is 6.04 Å². The summed E-state index contributed by atoms with van der Waals surface area (Å²) in [5.74, 6) is 1.27. The van der Waals surface area contributed by atoms with Gasteiger partial charge in [0.15, 0.2) is 5.82 Å². The summed E-state index contributed by atoms with van der Waals surface area (Å²) in [6.07, 6.45) is 0. The maximum atomic E-state index is 5.23. The molecule has 6 heteroatoms. The van der Waals surface area contributed by atoms with Gasteiger partial charge in [0, 0.05) is 44.1 Å². The summed E-state index contributed by atoms with van der Waals surface area (Å²) in [4.78, 5) is 9.26. The molecule has 1 aliphatic rings. The third kappa shape index (κ3) is 4.51. The second-order valence-electron chi connectivity index (χ2n) is 7.34. The van der Waals surface area contributed by atoms with Gasteiger partial charge in [-0.3, -0.25) is 4.90 Å². The molecule has 4 rings (SSSR count). The lowest BCUT2D eigenvalue weighted by atomic mass is 10.2. The zero-order chi connectivity index (χ0) is 19.3. The van der Waals surface area contributed by atoms with Crippen molar-refractivity contribution in [3.8, 4) is 0 Å². The molecule has 6 nitrogen and oxygen atoms in total. The van der Waals surface area contributed by atoms with Crippen molar-refractivity contribution in [2.24, 2.45) is 0 Å². The van der Waals surface area contributed by atoms with Crippen molar-refractivity contribution in [1.82, 2.24) is 15.0 Å². The van der Waals surface area contributed by atoms with Crippen molar-refractivity contribution < 1.29 is 4.52 Å². The molecule has 2 heterocycles. The van der Waals surface area contributed by atoms with Crippen LogP contribution in [-0.4, -0.2) is 41.2 Å². The van der Waals surface area contributed by atoms with E-state index in [0.29, 0.717) is 11.7 Å². The summed E-state index contributed by atoms with van der Waals surface area (Å²) in [6.45, 7) is 9.16. The van der Waals surface area contributed by atoms with E-state index in [-0.39, 0.29) is 6.04 Å². The Morgan fingerprint density at radius 3 is 2.36 bits per heavy atom. The highest BCUT2D eigenvalue weighted by Gasteiger charge is 2.18. The quantitative estimate of drug-likeness (QED) is 0.704. The molecule has 1 aliphatic heterocycles. The molecule has 2 aromatic carbocycles. The Bertz CT molecular complexity index is 869. The highest BCUT2D eigenvalue weighted by molar-refractivity contribution is 5.55. The molecule has 1 N–H and O–H groups in total. The van der Waals surface area contributed by atoms with Gasteiger partial charge >= 0.3 is 0 Å². The fraction of sp³-hybridized carbons (Fsp3) is 0.364. The average Bonchev–Trinajstić information content (AvgIpc) is 3.17. The molecule has 0 aliphatic carbocycles. The second-order valence-corrected chi connectivity index (χ2v) is 7.34. The molecule has 1 fully saturated rings. The zero-order valence-electron chi connectivity index (χ0n) is 16.5. The number of anilines is 2.